The van der Waals surface area contributed by atoms with Gasteiger partial charge in [0.25, 0.3) is 0 Å². The van der Waals surface area contributed by atoms with Crippen LogP contribution in [0.3, 0.4) is 0 Å². The van der Waals surface area contributed by atoms with Gasteiger partial charge in [-0.15, -0.1) is 0 Å². The van der Waals surface area contributed by atoms with E-state index in [4.69, 9.17) is 46.9 Å². The van der Waals surface area contributed by atoms with Gasteiger partial charge in [0.05, 0.1) is 15.6 Å². The molecule has 4 N–H and O–H groups in total. The molecule has 28 heavy (non-hydrogen) atoms. The maximum Gasteiger partial charge on any atom is 0.416 e. The standard InChI is InChI=1S/C13H9Cl2F5N4O2S2/c1-12(16,17)26-28(25)9-7(11(22)27)23-24(10(9)21)8-5(14)2-4(3-6(8)15)13(18,19)20/h2-3H,21H2,1H3,(H2,22,27). The van der Waals surface area contributed by atoms with E-state index >= 15 is 0 Å². The lowest BCUT2D eigenvalue weighted by molar-refractivity contribution is -0.151. The van der Waals surface area contributed by atoms with E-state index in [1.54, 1.807) is 0 Å². The summed E-state index contributed by atoms with van der Waals surface area (Å²) < 4.78 is 81.6. The predicted molar refractivity (Wildman–Crippen MR) is 97.0 cm³/mol. The summed E-state index contributed by atoms with van der Waals surface area (Å²) in [7, 11) is 0. The summed E-state index contributed by atoms with van der Waals surface area (Å²) in [6.45, 7) is 0.329. The number of halogens is 7. The molecule has 1 aromatic heterocycles. The average molecular weight is 483 g/mol. The molecule has 15 heteroatoms. The summed E-state index contributed by atoms with van der Waals surface area (Å²) in [5.74, 6) is -0.575. The van der Waals surface area contributed by atoms with Crippen LogP contribution in [0, 0.1) is 0 Å². The van der Waals surface area contributed by atoms with Crippen molar-refractivity contribution in [2.45, 2.75) is 24.1 Å². The van der Waals surface area contributed by atoms with Gasteiger partial charge >= 0.3 is 12.3 Å². The Hall–Kier alpha value is -1.54. The minimum Gasteiger partial charge on any atom is -0.388 e. The maximum absolute atomic E-state index is 13.0. The lowest BCUT2D eigenvalue weighted by Gasteiger charge is -2.13. The number of hydrogen-bond donors (Lipinski definition) is 2. The van der Waals surface area contributed by atoms with Crippen LogP contribution >= 0.6 is 35.4 Å². The zero-order valence-electron chi connectivity index (χ0n) is 13.5. The summed E-state index contributed by atoms with van der Waals surface area (Å²) >= 11 is 13.6. The normalized spacial score (nSPS) is 13.6. The molecule has 0 aliphatic heterocycles. The first kappa shape index (κ1) is 22.7. The van der Waals surface area contributed by atoms with Gasteiger partial charge in [0.15, 0.2) is 0 Å². The molecule has 1 unspecified atom stereocenters. The van der Waals surface area contributed by atoms with Crippen LogP contribution in [0.5, 0.6) is 0 Å². The second-order valence-corrected chi connectivity index (χ2v) is 7.55. The van der Waals surface area contributed by atoms with E-state index in [1.165, 1.54) is 0 Å². The lowest BCUT2D eigenvalue weighted by atomic mass is 10.2. The molecule has 0 amide bonds. The highest BCUT2D eigenvalue weighted by atomic mass is 35.5. The van der Waals surface area contributed by atoms with E-state index in [9.17, 15) is 26.2 Å². The fourth-order valence-electron chi connectivity index (χ4n) is 2.02. The number of benzene rings is 1. The SMILES string of the molecule is CC(F)(F)OS(=O)c1c(C(N)=S)nn(-c2c(Cl)cc(C(F)(F)F)cc2Cl)c1N. The summed E-state index contributed by atoms with van der Waals surface area (Å²) in [5, 5.41) is 2.75. The number of nitrogens with two attached hydrogens (primary N) is 2. The zero-order chi connectivity index (χ0) is 21.6. The van der Waals surface area contributed by atoms with Gasteiger partial charge in [-0.3, -0.25) is 0 Å². The highest BCUT2D eigenvalue weighted by Crippen LogP contribution is 2.39. The minimum atomic E-state index is -4.74. The summed E-state index contributed by atoms with van der Waals surface area (Å²) in [6, 6.07) is 1.11. The summed E-state index contributed by atoms with van der Waals surface area (Å²) in [6.07, 6.45) is -8.55. The molecule has 0 bridgehead atoms. The van der Waals surface area contributed by atoms with Crippen molar-refractivity contribution in [2.75, 3.05) is 5.73 Å². The van der Waals surface area contributed by atoms with Crippen LogP contribution in [-0.2, 0) is 21.4 Å². The number of alkyl halides is 5. The number of aromatic nitrogens is 2. The fraction of sp³-hybridized carbons (Fsp3) is 0.231. The molecule has 0 radical (unpaired) electrons. The van der Waals surface area contributed by atoms with E-state index < -0.39 is 60.4 Å². The van der Waals surface area contributed by atoms with Crippen molar-refractivity contribution >= 4 is 57.3 Å². The smallest absolute Gasteiger partial charge is 0.388 e. The van der Waals surface area contributed by atoms with E-state index in [0.29, 0.717) is 23.7 Å². The first-order valence-corrected chi connectivity index (χ1v) is 9.11. The first-order chi connectivity index (χ1) is 12.6. The molecular formula is C13H9Cl2F5N4O2S2. The van der Waals surface area contributed by atoms with Crippen LogP contribution in [0.25, 0.3) is 5.69 Å². The Kier molecular flexibility index (Phi) is 6.26. The Labute approximate surface area is 172 Å². The van der Waals surface area contributed by atoms with E-state index in [0.717, 1.165) is 0 Å². The van der Waals surface area contributed by atoms with Crippen LogP contribution < -0.4 is 11.5 Å². The Morgan fingerprint density at radius 1 is 1.25 bits per heavy atom. The molecule has 2 rings (SSSR count). The van der Waals surface area contributed by atoms with Gasteiger partial charge < -0.3 is 11.5 Å². The number of nitrogens with zero attached hydrogens (tertiary/aromatic N) is 2. The molecule has 6 nitrogen and oxygen atoms in total. The second kappa shape index (κ2) is 7.71. The van der Waals surface area contributed by atoms with Crippen molar-refractivity contribution < 1.29 is 30.3 Å². The molecule has 0 aliphatic carbocycles. The van der Waals surface area contributed by atoms with Crippen LogP contribution in [0.15, 0.2) is 17.0 Å². The summed E-state index contributed by atoms with van der Waals surface area (Å²) in [4.78, 5) is -1.10. The minimum absolute atomic E-state index is 0.329. The third kappa shape index (κ3) is 4.71. The lowest BCUT2D eigenvalue weighted by Crippen LogP contribution is -2.20. The van der Waals surface area contributed by atoms with Crippen molar-refractivity contribution in [1.82, 2.24) is 9.78 Å². The predicted octanol–water partition coefficient (Wildman–Crippen LogP) is 4.07. The van der Waals surface area contributed by atoms with Crippen molar-refractivity contribution in [2.24, 2.45) is 5.73 Å². The Morgan fingerprint density at radius 3 is 2.14 bits per heavy atom. The highest BCUT2D eigenvalue weighted by Gasteiger charge is 2.35. The van der Waals surface area contributed by atoms with Gasteiger partial charge in [-0.05, 0) is 12.1 Å². The van der Waals surface area contributed by atoms with E-state index in [-0.39, 0.29) is 5.69 Å². The number of rotatable bonds is 5. The molecule has 2 aromatic rings. The van der Waals surface area contributed by atoms with Crippen molar-refractivity contribution in [3.63, 3.8) is 0 Å². The van der Waals surface area contributed by atoms with Crippen LogP contribution in [0.1, 0.15) is 18.2 Å². The summed E-state index contributed by atoms with van der Waals surface area (Å²) in [5.41, 5.74) is 9.28. The Balaban J connectivity index is 2.71. The van der Waals surface area contributed by atoms with Crippen molar-refractivity contribution in [1.29, 1.82) is 0 Å². The van der Waals surface area contributed by atoms with Crippen LogP contribution in [0.4, 0.5) is 27.8 Å². The molecule has 0 fully saturated rings. The average Bonchev–Trinajstić information content (AvgIpc) is 2.81. The van der Waals surface area contributed by atoms with Crippen molar-refractivity contribution in [3.05, 3.63) is 33.4 Å². The number of nitrogen functional groups attached to an aromatic ring is 1. The third-order valence-corrected chi connectivity index (χ3v) is 5.00. The van der Waals surface area contributed by atoms with Gasteiger partial charge in [-0.25, -0.2) is 13.1 Å². The first-order valence-electron chi connectivity index (χ1n) is 6.87. The largest absolute Gasteiger partial charge is 0.416 e. The van der Waals surface area contributed by atoms with Gasteiger partial charge in [-0.2, -0.15) is 27.1 Å². The second-order valence-electron chi connectivity index (χ2n) is 5.25. The number of anilines is 1. The molecule has 0 saturated heterocycles. The molecule has 0 spiro atoms. The van der Waals surface area contributed by atoms with Crippen molar-refractivity contribution in [3.8, 4) is 5.69 Å². The Morgan fingerprint density at radius 2 is 1.75 bits per heavy atom. The van der Waals surface area contributed by atoms with E-state index in [1.807, 2.05) is 0 Å². The van der Waals surface area contributed by atoms with Crippen LogP contribution in [-0.4, -0.2) is 25.1 Å². The number of thiocarbonyl (C=S) groups is 1. The van der Waals surface area contributed by atoms with E-state index in [2.05, 4.69) is 9.28 Å². The third-order valence-electron chi connectivity index (χ3n) is 3.05. The van der Waals surface area contributed by atoms with Gasteiger partial charge in [-0.1, -0.05) is 35.4 Å². The van der Waals surface area contributed by atoms with Gasteiger partial charge in [0.2, 0.25) is 11.1 Å². The monoisotopic (exact) mass is 482 g/mol. The molecule has 1 heterocycles. The van der Waals surface area contributed by atoms with Gasteiger partial charge in [0.1, 0.15) is 27.1 Å². The zero-order valence-corrected chi connectivity index (χ0v) is 16.6. The maximum atomic E-state index is 13.0. The molecular weight excluding hydrogens is 474 g/mol. The number of hydrogen-bond acceptors (Lipinski definition) is 5. The fourth-order valence-corrected chi connectivity index (χ4v) is 3.79. The Bertz CT molecular complexity index is 952. The van der Waals surface area contributed by atoms with Crippen LogP contribution in [0.2, 0.25) is 10.0 Å². The molecule has 1 aromatic carbocycles. The molecule has 154 valence electrons. The molecule has 0 aliphatic rings. The molecule has 1 atom stereocenters. The van der Waals surface area contributed by atoms with Gasteiger partial charge in [0, 0.05) is 6.92 Å². The molecule has 0 saturated carbocycles. The quantitative estimate of drug-likeness (QED) is 0.492. The highest BCUT2D eigenvalue weighted by molar-refractivity contribution is 7.82. The topological polar surface area (TPSA) is 96.2 Å².